The van der Waals surface area contributed by atoms with E-state index in [1.165, 1.54) is 11.1 Å². The van der Waals surface area contributed by atoms with Gasteiger partial charge in [-0.1, -0.05) is 0 Å². The third-order valence-corrected chi connectivity index (χ3v) is 3.94. The fraction of sp³-hybridized carbons (Fsp3) is 0.231. The molecule has 0 aliphatic rings. The van der Waals surface area contributed by atoms with Gasteiger partial charge < -0.3 is 10.7 Å². The Hall–Kier alpha value is -1.92. The smallest absolute Gasteiger partial charge is 0.255 e. The second kappa shape index (κ2) is 5.81. The number of hydrazine groups is 1. The third kappa shape index (κ3) is 3.10. The number of carbonyl (C=O) groups is 1. The summed E-state index contributed by atoms with van der Waals surface area (Å²) in [6.45, 7) is 4.00. The van der Waals surface area contributed by atoms with Crippen LogP contribution in [0.1, 0.15) is 33.1 Å². The van der Waals surface area contributed by atoms with Gasteiger partial charge >= 0.3 is 0 Å². The van der Waals surface area contributed by atoms with Crippen LogP contribution in [0.15, 0.2) is 30.6 Å². The maximum absolute atomic E-state index is 12.2. The third-order valence-electron chi connectivity index (χ3n) is 2.76. The SMILES string of the molecule is Cc1ccc(C(C)NC(=O)c2cnccc2NN)s1. The first-order valence-corrected chi connectivity index (χ1v) is 6.71. The maximum Gasteiger partial charge on any atom is 0.255 e. The number of nitrogen functional groups attached to an aromatic ring is 1. The van der Waals surface area contributed by atoms with Crippen LogP contribution >= 0.6 is 11.3 Å². The number of hydrogen-bond donors (Lipinski definition) is 3. The summed E-state index contributed by atoms with van der Waals surface area (Å²) in [6.07, 6.45) is 3.08. The number of amides is 1. The highest BCUT2D eigenvalue weighted by molar-refractivity contribution is 7.12. The molecule has 19 heavy (non-hydrogen) atoms. The van der Waals surface area contributed by atoms with Crippen LogP contribution in [0.25, 0.3) is 0 Å². The summed E-state index contributed by atoms with van der Waals surface area (Å²) in [5.41, 5.74) is 3.49. The van der Waals surface area contributed by atoms with Crippen molar-refractivity contribution in [3.63, 3.8) is 0 Å². The summed E-state index contributed by atoms with van der Waals surface area (Å²) >= 11 is 1.67. The fourth-order valence-corrected chi connectivity index (χ4v) is 2.61. The first-order chi connectivity index (χ1) is 9.11. The van der Waals surface area contributed by atoms with Crippen molar-refractivity contribution in [1.29, 1.82) is 0 Å². The summed E-state index contributed by atoms with van der Waals surface area (Å²) in [6, 6.07) is 5.68. The second-order valence-electron chi connectivity index (χ2n) is 4.21. The van der Waals surface area contributed by atoms with Crippen LogP contribution in [0.4, 0.5) is 5.69 Å². The monoisotopic (exact) mass is 276 g/mol. The lowest BCUT2D eigenvalue weighted by atomic mass is 10.2. The zero-order valence-corrected chi connectivity index (χ0v) is 11.6. The van der Waals surface area contributed by atoms with Gasteiger partial charge in [-0.3, -0.25) is 15.6 Å². The first kappa shape index (κ1) is 13.5. The Bertz CT molecular complexity index is 582. The van der Waals surface area contributed by atoms with Crippen molar-refractivity contribution in [3.8, 4) is 0 Å². The van der Waals surface area contributed by atoms with E-state index in [0.29, 0.717) is 11.3 Å². The normalized spacial score (nSPS) is 11.9. The van der Waals surface area contributed by atoms with E-state index in [-0.39, 0.29) is 11.9 Å². The topological polar surface area (TPSA) is 80.0 Å². The van der Waals surface area contributed by atoms with Gasteiger partial charge in [0.25, 0.3) is 5.91 Å². The number of thiophene rings is 1. The van der Waals surface area contributed by atoms with Gasteiger partial charge in [-0.2, -0.15) is 0 Å². The van der Waals surface area contributed by atoms with E-state index in [1.807, 2.05) is 26.0 Å². The van der Waals surface area contributed by atoms with Crippen molar-refractivity contribution in [2.45, 2.75) is 19.9 Å². The molecule has 0 radical (unpaired) electrons. The number of nitrogens with two attached hydrogens (primary N) is 1. The molecule has 1 amide bonds. The molecule has 5 nitrogen and oxygen atoms in total. The van der Waals surface area contributed by atoms with Crippen molar-refractivity contribution in [1.82, 2.24) is 10.3 Å². The van der Waals surface area contributed by atoms with E-state index in [4.69, 9.17) is 5.84 Å². The Kier molecular flexibility index (Phi) is 4.13. The fourth-order valence-electron chi connectivity index (χ4n) is 1.73. The first-order valence-electron chi connectivity index (χ1n) is 5.89. The van der Waals surface area contributed by atoms with Gasteiger partial charge in [-0.05, 0) is 32.0 Å². The lowest BCUT2D eigenvalue weighted by Gasteiger charge is -2.13. The molecule has 1 atom stereocenters. The molecule has 100 valence electrons. The van der Waals surface area contributed by atoms with Crippen LogP contribution in [0, 0.1) is 6.92 Å². The molecular weight excluding hydrogens is 260 g/mol. The van der Waals surface area contributed by atoms with E-state index in [0.717, 1.165) is 4.88 Å². The van der Waals surface area contributed by atoms with Crippen LogP contribution in [0.2, 0.25) is 0 Å². The standard InChI is InChI=1S/C13H16N4OS/c1-8-3-4-12(19-8)9(2)16-13(18)10-7-15-6-5-11(10)17-14/h3-7,9H,14H2,1-2H3,(H,15,17)(H,16,18). The molecule has 0 aliphatic carbocycles. The van der Waals surface area contributed by atoms with Gasteiger partial charge in [0.1, 0.15) is 0 Å². The van der Waals surface area contributed by atoms with E-state index in [1.54, 1.807) is 23.6 Å². The molecular formula is C13H16N4OS. The minimum atomic E-state index is -0.195. The number of aromatic nitrogens is 1. The van der Waals surface area contributed by atoms with Gasteiger partial charge in [0, 0.05) is 22.1 Å². The summed E-state index contributed by atoms with van der Waals surface area (Å²) in [7, 11) is 0. The quantitative estimate of drug-likeness (QED) is 0.591. The molecule has 2 rings (SSSR count). The van der Waals surface area contributed by atoms with Gasteiger partial charge in [0.2, 0.25) is 0 Å². The van der Waals surface area contributed by atoms with E-state index >= 15 is 0 Å². The minimum absolute atomic E-state index is 0.0444. The van der Waals surface area contributed by atoms with Crippen molar-refractivity contribution in [3.05, 3.63) is 45.9 Å². The summed E-state index contributed by atoms with van der Waals surface area (Å²) in [4.78, 5) is 18.5. The Morgan fingerprint density at radius 2 is 2.21 bits per heavy atom. The molecule has 4 N–H and O–H groups in total. The molecule has 0 bridgehead atoms. The summed E-state index contributed by atoms with van der Waals surface area (Å²) in [5, 5.41) is 2.94. The number of rotatable bonds is 4. The number of pyridine rings is 1. The van der Waals surface area contributed by atoms with Gasteiger partial charge in [0.15, 0.2) is 0 Å². The molecule has 2 aromatic heterocycles. The zero-order valence-electron chi connectivity index (χ0n) is 10.8. The van der Waals surface area contributed by atoms with Crippen molar-refractivity contribution in [2.24, 2.45) is 5.84 Å². The van der Waals surface area contributed by atoms with Crippen LogP contribution in [-0.2, 0) is 0 Å². The molecule has 1 unspecified atom stereocenters. The summed E-state index contributed by atoms with van der Waals surface area (Å²) in [5.74, 6) is 5.18. The molecule has 2 heterocycles. The molecule has 6 heteroatoms. The highest BCUT2D eigenvalue weighted by Crippen LogP contribution is 2.23. The predicted octanol–water partition coefficient (Wildman–Crippen LogP) is 2.23. The molecule has 2 aromatic rings. The van der Waals surface area contributed by atoms with Crippen molar-refractivity contribution < 1.29 is 4.79 Å². The van der Waals surface area contributed by atoms with Crippen molar-refractivity contribution in [2.75, 3.05) is 5.43 Å². The van der Waals surface area contributed by atoms with Crippen LogP contribution < -0.4 is 16.6 Å². The molecule has 0 aromatic carbocycles. The average molecular weight is 276 g/mol. The Labute approximate surface area is 115 Å². The van der Waals surface area contributed by atoms with E-state index in [2.05, 4.69) is 15.7 Å². The van der Waals surface area contributed by atoms with E-state index < -0.39 is 0 Å². The average Bonchev–Trinajstić information content (AvgIpc) is 2.85. The predicted molar refractivity (Wildman–Crippen MR) is 77.0 cm³/mol. The highest BCUT2D eigenvalue weighted by Gasteiger charge is 2.15. The number of carbonyl (C=O) groups excluding carboxylic acids is 1. The van der Waals surface area contributed by atoms with Gasteiger partial charge in [-0.15, -0.1) is 11.3 Å². The maximum atomic E-state index is 12.2. The number of nitrogens with one attached hydrogen (secondary N) is 2. The molecule has 0 aliphatic heterocycles. The number of nitrogens with zero attached hydrogens (tertiary/aromatic N) is 1. The van der Waals surface area contributed by atoms with Crippen LogP contribution in [-0.4, -0.2) is 10.9 Å². The van der Waals surface area contributed by atoms with Gasteiger partial charge in [0.05, 0.1) is 17.3 Å². The van der Waals surface area contributed by atoms with Gasteiger partial charge in [-0.25, -0.2) is 0 Å². The Morgan fingerprint density at radius 1 is 1.42 bits per heavy atom. The number of hydrogen-bond acceptors (Lipinski definition) is 5. The molecule has 0 spiro atoms. The second-order valence-corrected chi connectivity index (χ2v) is 5.53. The number of anilines is 1. The number of aryl methyl sites for hydroxylation is 1. The largest absolute Gasteiger partial charge is 0.345 e. The van der Waals surface area contributed by atoms with Crippen LogP contribution in [0.5, 0.6) is 0 Å². The lowest BCUT2D eigenvalue weighted by molar-refractivity contribution is 0.0941. The lowest BCUT2D eigenvalue weighted by Crippen LogP contribution is -2.27. The Morgan fingerprint density at radius 3 is 2.84 bits per heavy atom. The Balaban J connectivity index is 2.12. The highest BCUT2D eigenvalue weighted by atomic mass is 32.1. The molecule has 0 saturated carbocycles. The zero-order chi connectivity index (χ0) is 13.8. The molecule has 0 fully saturated rings. The van der Waals surface area contributed by atoms with E-state index in [9.17, 15) is 4.79 Å². The summed E-state index contributed by atoms with van der Waals surface area (Å²) < 4.78 is 0. The minimum Gasteiger partial charge on any atom is -0.345 e. The van der Waals surface area contributed by atoms with Crippen LogP contribution in [0.3, 0.4) is 0 Å². The molecule has 0 saturated heterocycles. The van der Waals surface area contributed by atoms with Crippen molar-refractivity contribution >= 4 is 22.9 Å².